The van der Waals surface area contributed by atoms with Gasteiger partial charge in [-0.05, 0) is 24.7 Å². The molecule has 0 fully saturated rings. The molecule has 0 bridgehead atoms. The van der Waals surface area contributed by atoms with Crippen molar-refractivity contribution in [2.75, 3.05) is 7.11 Å². The van der Waals surface area contributed by atoms with E-state index < -0.39 is 0 Å². The predicted octanol–water partition coefficient (Wildman–Crippen LogP) is 5.50. The number of unbranched alkanes of at least 4 members (excludes halogenated alkanes) is 5. The second-order valence-electron chi connectivity index (χ2n) is 6.15. The molecule has 0 radical (unpaired) electrons. The fourth-order valence-electron chi connectivity index (χ4n) is 2.64. The maximum absolute atomic E-state index is 11.3. The Morgan fingerprint density at radius 2 is 1.47 bits per heavy atom. The highest BCUT2D eigenvalue weighted by Gasteiger charge is 2.24. The Balaban J connectivity index is 4.06. The van der Waals surface area contributed by atoms with E-state index in [2.05, 4.69) is 20.8 Å². The molecule has 0 rings (SSSR count). The van der Waals surface area contributed by atoms with Crippen molar-refractivity contribution in [2.45, 2.75) is 91.4 Å². The summed E-state index contributed by atoms with van der Waals surface area (Å²) in [6.07, 6.45) is 13.2. The van der Waals surface area contributed by atoms with Crippen molar-refractivity contribution < 1.29 is 9.53 Å². The molecule has 0 aromatic rings. The molecule has 0 saturated heterocycles. The molecule has 2 nitrogen and oxygen atoms in total. The molecule has 0 aliphatic rings. The first-order valence-electron chi connectivity index (χ1n) is 8.14. The third kappa shape index (κ3) is 9.98. The van der Waals surface area contributed by atoms with Crippen LogP contribution in [0, 0.1) is 5.41 Å². The normalized spacial score (nSPS) is 14.1. The average Bonchev–Trinajstić information content (AvgIpc) is 2.42. The van der Waals surface area contributed by atoms with Crippen LogP contribution < -0.4 is 0 Å². The summed E-state index contributed by atoms with van der Waals surface area (Å²) in [6.45, 7) is 6.84. The number of methoxy groups -OCH3 is 1. The lowest BCUT2D eigenvalue weighted by molar-refractivity contribution is -0.141. The molecule has 1 atom stereocenters. The monoisotopic (exact) mass is 270 g/mol. The van der Waals surface area contributed by atoms with E-state index in [0.29, 0.717) is 11.8 Å². The van der Waals surface area contributed by atoms with Crippen molar-refractivity contribution in [3.05, 3.63) is 0 Å². The van der Waals surface area contributed by atoms with Crippen LogP contribution in [0.1, 0.15) is 91.4 Å². The van der Waals surface area contributed by atoms with E-state index in [9.17, 15) is 4.79 Å². The highest BCUT2D eigenvalue weighted by molar-refractivity contribution is 5.69. The number of hydrogen-bond donors (Lipinski definition) is 0. The van der Waals surface area contributed by atoms with Crippen LogP contribution in [-0.2, 0) is 9.53 Å². The number of carbonyl (C=O) groups excluding carboxylic acids is 1. The zero-order chi connectivity index (χ0) is 14.6. The van der Waals surface area contributed by atoms with Gasteiger partial charge in [-0.15, -0.1) is 0 Å². The number of rotatable bonds is 12. The van der Waals surface area contributed by atoms with Gasteiger partial charge in [0.05, 0.1) is 7.11 Å². The highest BCUT2D eigenvalue weighted by atomic mass is 16.5. The summed E-state index contributed by atoms with van der Waals surface area (Å²) < 4.78 is 4.77. The Kier molecular flexibility index (Phi) is 11.0. The first kappa shape index (κ1) is 18.5. The van der Waals surface area contributed by atoms with Crippen molar-refractivity contribution in [1.82, 2.24) is 0 Å². The summed E-state index contributed by atoms with van der Waals surface area (Å²) in [5, 5.41) is 0. The van der Waals surface area contributed by atoms with Crippen molar-refractivity contribution in [3.63, 3.8) is 0 Å². The van der Waals surface area contributed by atoms with Crippen molar-refractivity contribution >= 4 is 5.97 Å². The van der Waals surface area contributed by atoms with Gasteiger partial charge in [0.1, 0.15) is 0 Å². The van der Waals surface area contributed by atoms with Gasteiger partial charge in [-0.3, -0.25) is 4.79 Å². The summed E-state index contributed by atoms with van der Waals surface area (Å²) >= 11 is 0. The van der Waals surface area contributed by atoms with Gasteiger partial charge in [0.15, 0.2) is 0 Å². The number of ether oxygens (including phenoxy) is 1. The van der Waals surface area contributed by atoms with Crippen LogP contribution in [0.3, 0.4) is 0 Å². The quantitative estimate of drug-likeness (QED) is 0.346. The van der Waals surface area contributed by atoms with E-state index in [1.807, 2.05) is 0 Å². The van der Waals surface area contributed by atoms with Crippen LogP contribution in [0.15, 0.2) is 0 Å². The van der Waals surface area contributed by atoms with Crippen LogP contribution in [-0.4, -0.2) is 13.1 Å². The molecule has 1 unspecified atom stereocenters. The Morgan fingerprint density at radius 1 is 0.895 bits per heavy atom. The van der Waals surface area contributed by atoms with E-state index in [4.69, 9.17) is 4.74 Å². The summed E-state index contributed by atoms with van der Waals surface area (Å²) in [4.78, 5) is 11.3. The molecule has 0 heterocycles. The van der Waals surface area contributed by atoms with Gasteiger partial charge >= 0.3 is 5.97 Å². The lowest BCUT2D eigenvalue weighted by Crippen LogP contribution is -2.18. The third-order valence-electron chi connectivity index (χ3n) is 4.18. The molecular weight excluding hydrogens is 236 g/mol. The van der Waals surface area contributed by atoms with Gasteiger partial charge in [-0.1, -0.05) is 65.7 Å². The number of esters is 1. The predicted molar refractivity (Wildman–Crippen MR) is 82.3 cm³/mol. The highest BCUT2D eigenvalue weighted by Crippen LogP contribution is 2.35. The van der Waals surface area contributed by atoms with Gasteiger partial charge in [0.25, 0.3) is 0 Å². The smallest absolute Gasteiger partial charge is 0.305 e. The Labute approximate surface area is 120 Å². The van der Waals surface area contributed by atoms with Gasteiger partial charge in [-0.25, -0.2) is 0 Å². The second kappa shape index (κ2) is 11.3. The van der Waals surface area contributed by atoms with Crippen LogP contribution >= 0.6 is 0 Å². The zero-order valence-corrected chi connectivity index (χ0v) is 13.6. The topological polar surface area (TPSA) is 26.3 Å². The molecule has 114 valence electrons. The van der Waals surface area contributed by atoms with Gasteiger partial charge in [-0.2, -0.15) is 0 Å². The van der Waals surface area contributed by atoms with Crippen LogP contribution in [0.4, 0.5) is 0 Å². The minimum absolute atomic E-state index is 0.0614. The summed E-state index contributed by atoms with van der Waals surface area (Å²) in [7, 11) is 1.48. The summed E-state index contributed by atoms with van der Waals surface area (Å²) in [5.74, 6) is -0.0614. The molecule has 2 heteroatoms. The van der Waals surface area contributed by atoms with E-state index in [1.54, 1.807) is 0 Å². The number of hydrogen-bond acceptors (Lipinski definition) is 2. The molecule has 0 saturated carbocycles. The van der Waals surface area contributed by atoms with E-state index in [1.165, 1.54) is 64.9 Å². The fourth-order valence-corrected chi connectivity index (χ4v) is 2.64. The molecule has 19 heavy (non-hydrogen) atoms. The minimum atomic E-state index is -0.0614. The molecule has 0 N–H and O–H groups in total. The lowest BCUT2D eigenvalue weighted by Gasteiger charge is -2.29. The van der Waals surface area contributed by atoms with Gasteiger partial charge < -0.3 is 4.74 Å². The molecule has 0 aromatic carbocycles. The average molecular weight is 270 g/mol. The molecular formula is C17H34O2. The van der Waals surface area contributed by atoms with Crippen molar-refractivity contribution in [2.24, 2.45) is 5.41 Å². The standard InChI is InChI=1S/C17H34O2/c1-5-7-9-10-11-14-17(3,13-8-6-2)15-12-16(18)19-4/h5-15H2,1-4H3. The lowest BCUT2D eigenvalue weighted by atomic mass is 9.76. The van der Waals surface area contributed by atoms with Crippen molar-refractivity contribution in [3.8, 4) is 0 Å². The van der Waals surface area contributed by atoms with Gasteiger partial charge in [0.2, 0.25) is 0 Å². The maximum atomic E-state index is 11.3. The second-order valence-corrected chi connectivity index (χ2v) is 6.15. The van der Waals surface area contributed by atoms with E-state index in [0.717, 1.165) is 6.42 Å². The van der Waals surface area contributed by atoms with E-state index in [-0.39, 0.29) is 5.97 Å². The minimum Gasteiger partial charge on any atom is -0.469 e. The van der Waals surface area contributed by atoms with Crippen LogP contribution in [0.25, 0.3) is 0 Å². The first-order valence-corrected chi connectivity index (χ1v) is 8.14. The van der Waals surface area contributed by atoms with E-state index >= 15 is 0 Å². The first-order chi connectivity index (χ1) is 9.08. The Bertz CT molecular complexity index is 225. The Hall–Kier alpha value is -0.530. The van der Waals surface area contributed by atoms with Crippen LogP contribution in [0.2, 0.25) is 0 Å². The largest absolute Gasteiger partial charge is 0.469 e. The fraction of sp³-hybridized carbons (Fsp3) is 0.941. The number of carbonyl (C=O) groups is 1. The molecule has 0 aliphatic carbocycles. The van der Waals surface area contributed by atoms with Crippen LogP contribution in [0.5, 0.6) is 0 Å². The maximum Gasteiger partial charge on any atom is 0.305 e. The Morgan fingerprint density at radius 3 is 2.05 bits per heavy atom. The van der Waals surface area contributed by atoms with Gasteiger partial charge in [0, 0.05) is 6.42 Å². The zero-order valence-electron chi connectivity index (χ0n) is 13.6. The SMILES string of the molecule is CCCCCCCC(C)(CCCC)CCC(=O)OC. The third-order valence-corrected chi connectivity index (χ3v) is 4.18. The molecule has 0 aliphatic heterocycles. The molecule has 0 aromatic heterocycles. The molecule has 0 spiro atoms. The van der Waals surface area contributed by atoms with Crippen molar-refractivity contribution in [1.29, 1.82) is 0 Å². The molecule has 0 amide bonds. The summed E-state index contributed by atoms with van der Waals surface area (Å²) in [5.41, 5.74) is 0.330. The summed E-state index contributed by atoms with van der Waals surface area (Å²) in [6, 6.07) is 0.